The van der Waals surface area contributed by atoms with Crippen molar-refractivity contribution in [2.24, 2.45) is 0 Å². The molecule has 4 aromatic rings. The van der Waals surface area contributed by atoms with Crippen LogP contribution in [0, 0.1) is 0 Å². The van der Waals surface area contributed by atoms with E-state index in [1.165, 1.54) is 30.4 Å². The van der Waals surface area contributed by atoms with Gasteiger partial charge in [-0.1, -0.05) is 48.5 Å². The first-order chi connectivity index (χ1) is 18.5. The summed E-state index contributed by atoms with van der Waals surface area (Å²) >= 11 is 0. The van der Waals surface area contributed by atoms with Crippen LogP contribution >= 0.6 is 0 Å². The summed E-state index contributed by atoms with van der Waals surface area (Å²) < 4.78 is 5.29. The van der Waals surface area contributed by atoms with E-state index in [2.05, 4.69) is 20.6 Å². The Bertz CT molecular complexity index is 1400. The lowest BCUT2D eigenvalue weighted by atomic mass is 10.0. The maximum atomic E-state index is 13.9. The Morgan fingerprint density at radius 3 is 2.37 bits per heavy atom. The quantitative estimate of drug-likeness (QED) is 0.351. The Kier molecular flexibility index (Phi) is 8.40. The lowest BCUT2D eigenvalue weighted by Gasteiger charge is -2.31. The van der Waals surface area contributed by atoms with E-state index in [0.29, 0.717) is 22.7 Å². The van der Waals surface area contributed by atoms with Gasteiger partial charge in [0.2, 0.25) is 11.8 Å². The third-order valence-electron chi connectivity index (χ3n) is 5.69. The molecule has 4 rings (SSSR count). The van der Waals surface area contributed by atoms with Gasteiger partial charge in [0.15, 0.2) is 0 Å². The number of nitrogens with zero attached hydrogens (tertiary/aromatic N) is 3. The summed E-state index contributed by atoms with van der Waals surface area (Å²) in [7, 11) is 1.55. The molecule has 3 amide bonds. The molecule has 3 aromatic carbocycles. The van der Waals surface area contributed by atoms with Crippen LogP contribution in [0.25, 0.3) is 0 Å². The van der Waals surface area contributed by atoms with E-state index in [-0.39, 0.29) is 18.1 Å². The van der Waals surface area contributed by atoms with E-state index in [9.17, 15) is 14.4 Å². The molecule has 1 heterocycles. The van der Waals surface area contributed by atoms with Crippen molar-refractivity contribution in [2.45, 2.75) is 19.5 Å². The standard InChI is InChI=1S/C29H27N5O4/c1-20(35)33-23-9-6-10-24(17-23)34(29(37)26-19-30-15-16-31-26)27(22-11-13-25(38-2)14-12-22)28(36)32-18-21-7-4-3-5-8-21/h3-17,19,27H,18H2,1-2H3,(H,32,36)(H,33,35). The molecule has 0 fully saturated rings. The molecular weight excluding hydrogens is 482 g/mol. The maximum absolute atomic E-state index is 13.9. The van der Waals surface area contributed by atoms with Crippen LogP contribution in [0.2, 0.25) is 0 Å². The van der Waals surface area contributed by atoms with Gasteiger partial charge >= 0.3 is 0 Å². The van der Waals surface area contributed by atoms with E-state index in [1.807, 2.05) is 30.3 Å². The van der Waals surface area contributed by atoms with E-state index >= 15 is 0 Å². The Morgan fingerprint density at radius 1 is 0.947 bits per heavy atom. The minimum absolute atomic E-state index is 0.0619. The second-order valence-electron chi connectivity index (χ2n) is 8.38. The molecular formula is C29H27N5O4. The zero-order valence-corrected chi connectivity index (χ0v) is 21.0. The molecule has 0 radical (unpaired) electrons. The van der Waals surface area contributed by atoms with Crippen molar-refractivity contribution in [1.82, 2.24) is 15.3 Å². The van der Waals surface area contributed by atoms with E-state index in [1.54, 1.807) is 55.6 Å². The van der Waals surface area contributed by atoms with E-state index < -0.39 is 17.9 Å². The van der Waals surface area contributed by atoms with Gasteiger partial charge in [0.25, 0.3) is 5.91 Å². The highest BCUT2D eigenvalue weighted by Gasteiger charge is 2.34. The molecule has 2 N–H and O–H groups in total. The first-order valence-corrected chi connectivity index (χ1v) is 11.9. The van der Waals surface area contributed by atoms with Crippen LogP contribution in [0.4, 0.5) is 11.4 Å². The van der Waals surface area contributed by atoms with Crippen LogP contribution in [0.15, 0.2) is 97.5 Å². The van der Waals surface area contributed by atoms with E-state index in [4.69, 9.17) is 4.74 Å². The number of carbonyl (C=O) groups is 3. The summed E-state index contributed by atoms with van der Waals surface area (Å²) in [5.74, 6) is -0.590. The fraction of sp³-hybridized carbons (Fsp3) is 0.138. The van der Waals surface area contributed by atoms with Crippen LogP contribution in [-0.2, 0) is 16.1 Å². The molecule has 0 aliphatic carbocycles. The molecule has 0 aliphatic rings. The fourth-order valence-electron chi connectivity index (χ4n) is 3.94. The highest BCUT2D eigenvalue weighted by Crippen LogP contribution is 2.32. The van der Waals surface area contributed by atoms with Crippen molar-refractivity contribution < 1.29 is 19.1 Å². The molecule has 9 heteroatoms. The highest BCUT2D eigenvalue weighted by molar-refractivity contribution is 6.09. The summed E-state index contributed by atoms with van der Waals surface area (Å²) in [4.78, 5) is 49.0. The molecule has 0 bridgehead atoms. The number of nitrogens with one attached hydrogen (secondary N) is 2. The van der Waals surface area contributed by atoms with E-state index in [0.717, 1.165) is 5.56 Å². The smallest absolute Gasteiger partial charge is 0.279 e. The zero-order valence-electron chi connectivity index (χ0n) is 21.0. The Hall–Kier alpha value is -5.05. The Labute approximate surface area is 220 Å². The average molecular weight is 510 g/mol. The van der Waals surface area contributed by atoms with Gasteiger partial charge in [-0.2, -0.15) is 0 Å². The van der Waals surface area contributed by atoms with Crippen molar-refractivity contribution in [1.29, 1.82) is 0 Å². The fourth-order valence-corrected chi connectivity index (χ4v) is 3.94. The molecule has 0 saturated carbocycles. The van der Waals surface area contributed by atoms with Crippen molar-refractivity contribution in [3.05, 3.63) is 114 Å². The molecule has 0 saturated heterocycles. The monoisotopic (exact) mass is 509 g/mol. The summed E-state index contributed by atoms with van der Waals surface area (Å²) in [6, 6.07) is 22.1. The predicted octanol–water partition coefficient (Wildman–Crippen LogP) is 4.15. The molecule has 1 unspecified atom stereocenters. The van der Waals surface area contributed by atoms with Gasteiger partial charge < -0.3 is 15.4 Å². The molecule has 0 aliphatic heterocycles. The van der Waals surface area contributed by atoms with Crippen molar-refractivity contribution >= 4 is 29.1 Å². The Balaban J connectivity index is 1.81. The predicted molar refractivity (Wildman–Crippen MR) is 144 cm³/mol. The number of carbonyl (C=O) groups excluding carboxylic acids is 3. The number of benzene rings is 3. The van der Waals surface area contributed by atoms with Crippen molar-refractivity contribution in [2.75, 3.05) is 17.3 Å². The van der Waals surface area contributed by atoms with Crippen LogP contribution in [0.1, 0.15) is 34.6 Å². The SMILES string of the molecule is COc1ccc(C(C(=O)NCc2ccccc2)N(C(=O)c2cnccn2)c2cccc(NC(C)=O)c2)cc1. The van der Waals surface area contributed by atoms with Crippen molar-refractivity contribution in [3.8, 4) is 5.75 Å². The average Bonchev–Trinajstić information content (AvgIpc) is 2.95. The molecule has 1 atom stereocenters. The van der Waals surface area contributed by atoms with Crippen LogP contribution < -0.4 is 20.3 Å². The number of ether oxygens (including phenoxy) is 1. The number of rotatable bonds is 9. The largest absolute Gasteiger partial charge is 0.497 e. The normalized spacial score (nSPS) is 11.2. The van der Waals surface area contributed by atoms with Gasteiger partial charge in [0, 0.05) is 37.2 Å². The second-order valence-corrected chi connectivity index (χ2v) is 8.38. The molecule has 0 spiro atoms. The van der Waals surface area contributed by atoms with Gasteiger partial charge in [-0.15, -0.1) is 0 Å². The number of hydrogen-bond acceptors (Lipinski definition) is 6. The van der Waals surface area contributed by atoms with Crippen LogP contribution in [0.3, 0.4) is 0 Å². The summed E-state index contributed by atoms with van der Waals surface area (Å²) in [5, 5.41) is 5.69. The lowest BCUT2D eigenvalue weighted by Crippen LogP contribution is -2.44. The summed E-state index contributed by atoms with van der Waals surface area (Å²) in [5.41, 5.74) is 2.40. The van der Waals surface area contributed by atoms with Crippen LogP contribution in [-0.4, -0.2) is 34.8 Å². The summed E-state index contributed by atoms with van der Waals surface area (Å²) in [6.45, 7) is 1.66. The molecule has 38 heavy (non-hydrogen) atoms. The maximum Gasteiger partial charge on any atom is 0.279 e. The highest BCUT2D eigenvalue weighted by atomic mass is 16.5. The number of amides is 3. The van der Waals surface area contributed by atoms with Crippen molar-refractivity contribution in [3.63, 3.8) is 0 Å². The minimum atomic E-state index is -1.08. The topological polar surface area (TPSA) is 114 Å². The lowest BCUT2D eigenvalue weighted by molar-refractivity contribution is -0.122. The van der Waals surface area contributed by atoms with Gasteiger partial charge in [0.1, 0.15) is 17.5 Å². The first kappa shape index (κ1) is 26.0. The third-order valence-corrected chi connectivity index (χ3v) is 5.69. The third kappa shape index (κ3) is 6.38. The number of methoxy groups -OCH3 is 1. The number of hydrogen-bond donors (Lipinski definition) is 2. The van der Waals surface area contributed by atoms with Crippen LogP contribution in [0.5, 0.6) is 5.75 Å². The molecule has 1 aromatic heterocycles. The zero-order chi connectivity index (χ0) is 26.9. The Morgan fingerprint density at radius 2 is 1.71 bits per heavy atom. The van der Waals surface area contributed by atoms with Gasteiger partial charge in [0.05, 0.1) is 13.3 Å². The minimum Gasteiger partial charge on any atom is -0.497 e. The van der Waals surface area contributed by atoms with Gasteiger partial charge in [-0.25, -0.2) is 4.98 Å². The number of aromatic nitrogens is 2. The first-order valence-electron chi connectivity index (χ1n) is 11.9. The molecule has 9 nitrogen and oxygen atoms in total. The summed E-state index contributed by atoms with van der Waals surface area (Å²) in [6.07, 6.45) is 4.23. The number of anilines is 2. The van der Waals surface area contributed by atoms with Gasteiger partial charge in [-0.05, 0) is 41.5 Å². The van der Waals surface area contributed by atoms with Gasteiger partial charge in [-0.3, -0.25) is 24.3 Å². The second kappa shape index (κ2) is 12.3. The molecule has 192 valence electrons.